The fourth-order valence-electron chi connectivity index (χ4n) is 2.61. The second-order valence-electron chi connectivity index (χ2n) is 5.85. The number of rotatable bonds is 5. The zero-order valence-corrected chi connectivity index (χ0v) is 14.3. The molecule has 1 aromatic heterocycles. The van der Waals surface area contributed by atoms with Crippen LogP contribution in [0, 0.1) is 6.92 Å². The Bertz CT molecular complexity index is 821. The van der Waals surface area contributed by atoms with Crippen LogP contribution in [0.15, 0.2) is 33.9 Å². The molecule has 0 aliphatic carbocycles. The van der Waals surface area contributed by atoms with E-state index >= 15 is 0 Å². The third kappa shape index (κ3) is 3.71. The molecule has 0 N–H and O–H groups in total. The number of aromatic nitrogens is 2. The maximum atomic E-state index is 12.0. The lowest BCUT2D eigenvalue weighted by atomic mass is 10.1. The topological polar surface area (TPSA) is 56.5 Å². The zero-order valence-electron chi connectivity index (χ0n) is 14.3. The molecule has 6 heteroatoms. The molecule has 2 rings (SSSR count). The van der Waals surface area contributed by atoms with Gasteiger partial charge in [0.05, 0.1) is 7.11 Å². The van der Waals surface area contributed by atoms with Crippen LogP contribution in [0.4, 0.5) is 0 Å². The smallest absolute Gasteiger partial charge is 0.330 e. The van der Waals surface area contributed by atoms with Gasteiger partial charge in [0.1, 0.15) is 5.75 Å². The monoisotopic (exact) mass is 317 g/mol. The molecule has 2 aromatic rings. The van der Waals surface area contributed by atoms with Gasteiger partial charge in [0.2, 0.25) is 0 Å². The lowest BCUT2D eigenvalue weighted by molar-refractivity contribution is 0.308. The standard InChI is InChI=1S/C17H23N3O3/c1-12-8-13(6-7-15(12)23-5)10-18(2)11-14-9-16(21)20(4)17(22)19(14)3/h6-9H,10-11H2,1-5H3. The Hall–Kier alpha value is -2.34. The Kier molecular flexibility index (Phi) is 5.05. The largest absolute Gasteiger partial charge is 0.496 e. The van der Waals surface area contributed by atoms with Gasteiger partial charge in [0.15, 0.2) is 0 Å². The van der Waals surface area contributed by atoms with Gasteiger partial charge in [-0.1, -0.05) is 12.1 Å². The average molecular weight is 317 g/mol. The van der Waals surface area contributed by atoms with Crippen LogP contribution in [0.5, 0.6) is 5.75 Å². The number of methoxy groups -OCH3 is 1. The highest BCUT2D eigenvalue weighted by molar-refractivity contribution is 5.36. The number of hydrogen-bond donors (Lipinski definition) is 0. The zero-order chi connectivity index (χ0) is 17.1. The molecule has 0 saturated heterocycles. The van der Waals surface area contributed by atoms with Crippen molar-refractivity contribution in [3.8, 4) is 5.75 Å². The van der Waals surface area contributed by atoms with Gasteiger partial charge < -0.3 is 4.74 Å². The first-order valence-electron chi connectivity index (χ1n) is 7.41. The van der Waals surface area contributed by atoms with E-state index < -0.39 is 0 Å². The number of nitrogens with zero attached hydrogens (tertiary/aromatic N) is 3. The maximum absolute atomic E-state index is 12.0. The summed E-state index contributed by atoms with van der Waals surface area (Å²) in [6.07, 6.45) is 0. The van der Waals surface area contributed by atoms with Gasteiger partial charge in [-0.05, 0) is 31.2 Å². The van der Waals surface area contributed by atoms with Crippen molar-refractivity contribution in [2.75, 3.05) is 14.2 Å². The predicted molar refractivity (Wildman–Crippen MR) is 89.8 cm³/mol. The van der Waals surface area contributed by atoms with E-state index in [9.17, 15) is 9.59 Å². The van der Waals surface area contributed by atoms with Crippen LogP contribution in [0.3, 0.4) is 0 Å². The fourth-order valence-corrected chi connectivity index (χ4v) is 2.61. The summed E-state index contributed by atoms with van der Waals surface area (Å²) in [5.74, 6) is 0.866. The van der Waals surface area contributed by atoms with E-state index in [0.29, 0.717) is 18.8 Å². The third-order valence-corrected chi connectivity index (χ3v) is 3.97. The molecule has 0 unspecified atom stereocenters. The van der Waals surface area contributed by atoms with E-state index in [0.717, 1.165) is 21.4 Å². The Balaban J connectivity index is 2.17. The molecule has 1 aromatic carbocycles. The fraction of sp³-hybridized carbons (Fsp3) is 0.412. The van der Waals surface area contributed by atoms with Crippen LogP contribution in [0.25, 0.3) is 0 Å². The molecule has 23 heavy (non-hydrogen) atoms. The minimum absolute atomic E-state index is 0.281. The number of ether oxygens (including phenoxy) is 1. The van der Waals surface area contributed by atoms with E-state index in [-0.39, 0.29) is 11.2 Å². The normalized spacial score (nSPS) is 11.0. The molecule has 1 heterocycles. The molecule has 0 atom stereocenters. The molecule has 0 spiro atoms. The second kappa shape index (κ2) is 6.83. The molecule has 0 bridgehead atoms. The molecule has 0 radical (unpaired) electrons. The highest BCUT2D eigenvalue weighted by Gasteiger charge is 2.09. The lowest BCUT2D eigenvalue weighted by Gasteiger charge is -2.19. The van der Waals surface area contributed by atoms with Crippen LogP contribution in [-0.2, 0) is 27.2 Å². The quantitative estimate of drug-likeness (QED) is 0.827. The molecule has 0 saturated carbocycles. The first-order chi connectivity index (χ1) is 10.8. The van der Waals surface area contributed by atoms with Crippen LogP contribution < -0.4 is 16.0 Å². The summed E-state index contributed by atoms with van der Waals surface area (Å²) in [6.45, 7) is 3.24. The first-order valence-corrected chi connectivity index (χ1v) is 7.41. The van der Waals surface area contributed by atoms with Crippen molar-refractivity contribution < 1.29 is 4.74 Å². The number of aryl methyl sites for hydroxylation is 1. The maximum Gasteiger partial charge on any atom is 0.330 e. The van der Waals surface area contributed by atoms with E-state index in [2.05, 4.69) is 11.0 Å². The molecule has 0 aliphatic rings. The van der Waals surface area contributed by atoms with Crippen LogP contribution >= 0.6 is 0 Å². The van der Waals surface area contributed by atoms with Gasteiger partial charge in [-0.3, -0.25) is 18.8 Å². The van der Waals surface area contributed by atoms with Crippen molar-refractivity contribution in [3.63, 3.8) is 0 Å². The summed E-state index contributed by atoms with van der Waals surface area (Å²) in [4.78, 5) is 25.8. The molecule has 124 valence electrons. The highest BCUT2D eigenvalue weighted by atomic mass is 16.5. The molecular formula is C17H23N3O3. The van der Waals surface area contributed by atoms with E-state index in [1.807, 2.05) is 26.1 Å². The van der Waals surface area contributed by atoms with Crippen molar-refractivity contribution in [1.29, 1.82) is 0 Å². The van der Waals surface area contributed by atoms with Crippen molar-refractivity contribution in [1.82, 2.24) is 14.0 Å². The molecule has 0 aliphatic heterocycles. The van der Waals surface area contributed by atoms with Gasteiger partial charge in [0.25, 0.3) is 5.56 Å². The summed E-state index contributed by atoms with van der Waals surface area (Å²) < 4.78 is 7.88. The van der Waals surface area contributed by atoms with E-state index in [1.54, 1.807) is 14.2 Å². The van der Waals surface area contributed by atoms with Gasteiger partial charge in [-0.15, -0.1) is 0 Å². The molecule has 0 fully saturated rings. The van der Waals surface area contributed by atoms with Crippen LogP contribution in [-0.4, -0.2) is 28.2 Å². The summed E-state index contributed by atoms with van der Waals surface area (Å²) in [7, 11) is 6.78. The Labute approximate surface area is 135 Å². The average Bonchev–Trinajstić information content (AvgIpc) is 2.50. The summed E-state index contributed by atoms with van der Waals surface area (Å²) in [6, 6.07) is 7.56. The Morgan fingerprint density at radius 3 is 2.39 bits per heavy atom. The summed E-state index contributed by atoms with van der Waals surface area (Å²) in [5.41, 5.74) is 2.35. The molecule has 0 amide bonds. The second-order valence-corrected chi connectivity index (χ2v) is 5.85. The van der Waals surface area contributed by atoms with Gasteiger partial charge >= 0.3 is 5.69 Å². The SMILES string of the molecule is COc1ccc(CN(C)Cc2cc(=O)n(C)c(=O)n2C)cc1C. The third-order valence-electron chi connectivity index (χ3n) is 3.97. The summed E-state index contributed by atoms with van der Waals surface area (Å²) in [5, 5.41) is 0. The molecular weight excluding hydrogens is 294 g/mol. The number of hydrogen-bond acceptors (Lipinski definition) is 4. The van der Waals surface area contributed by atoms with Crippen LogP contribution in [0.2, 0.25) is 0 Å². The predicted octanol–water partition coefficient (Wildman–Crippen LogP) is 1.03. The summed E-state index contributed by atoms with van der Waals surface area (Å²) >= 11 is 0. The van der Waals surface area contributed by atoms with Gasteiger partial charge in [0, 0.05) is 38.9 Å². The van der Waals surface area contributed by atoms with E-state index in [1.165, 1.54) is 17.7 Å². The van der Waals surface area contributed by atoms with E-state index in [4.69, 9.17) is 4.74 Å². The van der Waals surface area contributed by atoms with Crippen LogP contribution in [0.1, 0.15) is 16.8 Å². The van der Waals surface area contributed by atoms with Gasteiger partial charge in [-0.25, -0.2) is 4.79 Å². The first kappa shape index (κ1) is 17.0. The van der Waals surface area contributed by atoms with Gasteiger partial charge in [-0.2, -0.15) is 0 Å². The van der Waals surface area contributed by atoms with Crippen molar-refractivity contribution in [2.45, 2.75) is 20.0 Å². The Morgan fingerprint density at radius 2 is 1.78 bits per heavy atom. The lowest BCUT2D eigenvalue weighted by Crippen LogP contribution is -2.39. The minimum atomic E-state index is -0.304. The highest BCUT2D eigenvalue weighted by Crippen LogP contribution is 2.19. The Morgan fingerprint density at radius 1 is 1.09 bits per heavy atom. The van der Waals surface area contributed by atoms with Crippen molar-refractivity contribution in [3.05, 3.63) is 61.9 Å². The van der Waals surface area contributed by atoms with Crippen molar-refractivity contribution in [2.24, 2.45) is 14.1 Å². The molecule has 6 nitrogen and oxygen atoms in total. The minimum Gasteiger partial charge on any atom is -0.496 e. The van der Waals surface area contributed by atoms with Crippen molar-refractivity contribution >= 4 is 0 Å². The number of benzene rings is 1.